The molecule has 0 fully saturated rings. The Bertz CT molecular complexity index is 495. The van der Waals surface area contributed by atoms with Crippen LogP contribution in [-0.4, -0.2) is 18.3 Å². The van der Waals surface area contributed by atoms with Crippen LogP contribution in [-0.2, 0) is 6.54 Å². The van der Waals surface area contributed by atoms with Gasteiger partial charge in [-0.3, -0.25) is 9.98 Å². The van der Waals surface area contributed by atoms with E-state index in [9.17, 15) is 0 Å². The number of aliphatic imine (C=N–C) groups is 1. The Kier molecular flexibility index (Phi) is 3.86. The molecule has 0 unspecified atom stereocenters. The highest BCUT2D eigenvalue weighted by atomic mass is 16.5. The molecule has 0 bridgehead atoms. The fraction of sp³-hybridized carbons (Fsp3) is 0.143. The molecular formula is C14H14N2O. The number of ether oxygens (including phenoxy) is 1. The van der Waals surface area contributed by atoms with Crippen LogP contribution in [0.25, 0.3) is 0 Å². The number of methoxy groups -OCH3 is 1. The Balaban J connectivity index is 2.05. The number of hydrogen-bond acceptors (Lipinski definition) is 3. The zero-order chi connectivity index (χ0) is 11.9. The lowest BCUT2D eigenvalue weighted by Gasteiger charge is -2.04. The lowest BCUT2D eigenvalue weighted by Crippen LogP contribution is -1.90. The standard InChI is InChI=1S/C14H14N2O/c1-17-14-5-3-2-4-13(14)11-16-10-12-6-8-15-9-7-12/h2-10H,11H2,1H3. The molecule has 3 heteroatoms. The van der Waals surface area contributed by atoms with Crippen molar-refractivity contribution in [1.82, 2.24) is 4.98 Å². The maximum absolute atomic E-state index is 5.26. The van der Waals surface area contributed by atoms with Crippen molar-refractivity contribution in [1.29, 1.82) is 0 Å². The van der Waals surface area contributed by atoms with Crippen LogP contribution in [0.15, 0.2) is 53.8 Å². The highest BCUT2D eigenvalue weighted by Crippen LogP contribution is 2.17. The lowest BCUT2D eigenvalue weighted by atomic mass is 10.2. The van der Waals surface area contributed by atoms with Crippen molar-refractivity contribution < 1.29 is 4.74 Å². The third kappa shape index (κ3) is 3.14. The molecule has 0 aliphatic heterocycles. The van der Waals surface area contributed by atoms with Crippen molar-refractivity contribution in [2.24, 2.45) is 4.99 Å². The molecule has 0 aliphatic carbocycles. The molecule has 0 radical (unpaired) electrons. The second-order valence-corrected chi connectivity index (χ2v) is 3.56. The van der Waals surface area contributed by atoms with Crippen molar-refractivity contribution in [3.8, 4) is 5.75 Å². The van der Waals surface area contributed by atoms with Gasteiger partial charge in [0.05, 0.1) is 13.7 Å². The molecule has 86 valence electrons. The van der Waals surface area contributed by atoms with Crippen LogP contribution < -0.4 is 4.74 Å². The predicted molar refractivity (Wildman–Crippen MR) is 68.5 cm³/mol. The zero-order valence-corrected chi connectivity index (χ0v) is 9.71. The second kappa shape index (κ2) is 5.80. The van der Waals surface area contributed by atoms with E-state index in [1.54, 1.807) is 19.5 Å². The average molecular weight is 226 g/mol. The van der Waals surface area contributed by atoms with Gasteiger partial charge in [-0.1, -0.05) is 18.2 Å². The maximum atomic E-state index is 5.26. The summed E-state index contributed by atoms with van der Waals surface area (Å²) in [5.74, 6) is 0.874. The number of rotatable bonds is 4. The average Bonchev–Trinajstić information content (AvgIpc) is 2.40. The SMILES string of the molecule is COc1ccccc1CN=Cc1ccncc1. The van der Waals surface area contributed by atoms with Crippen molar-refractivity contribution in [3.63, 3.8) is 0 Å². The molecule has 17 heavy (non-hydrogen) atoms. The first-order valence-electron chi connectivity index (χ1n) is 5.42. The van der Waals surface area contributed by atoms with Crippen LogP contribution in [0.2, 0.25) is 0 Å². The van der Waals surface area contributed by atoms with Crippen molar-refractivity contribution >= 4 is 6.21 Å². The Morgan fingerprint density at radius 3 is 2.71 bits per heavy atom. The largest absolute Gasteiger partial charge is 0.496 e. The summed E-state index contributed by atoms with van der Waals surface area (Å²) in [4.78, 5) is 8.35. The summed E-state index contributed by atoms with van der Waals surface area (Å²) in [6.45, 7) is 0.617. The summed E-state index contributed by atoms with van der Waals surface area (Å²) in [7, 11) is 1.67. The van der Waals surface area contributed by atoms with E-state index in [1.807, 2.05) is 42.6 Å². The van der Waals surface area contributed by atoms with Crippen molar-refractivity contribution in [2.75, 3.05) is 7.11 Å². The van der Waals surface area contributed by atoms with Crippen LogP contribution in [0.3, 0.4) is 0 Å². The molecule has 1 aromatic carbocycles. The van der Waals surface area contributed by atoms with E-state index in [1.165, 1.54) is 0 Å². The van der Waals surface area contributed by atoms with Crippen LogP contribution >= 0.6 is 0 Å². The summed E-state index contributed by atoms with van der Waals surface area (Å²) >= 11 is 0. The highest BCUT2D eigenvalue weighted by molar-refractivity contribution is 5.79. The Morgan fingerprint density at radius 2 is 1.94 bits per heavy atom. The van der Waals surface area contributed by atoms with E-state index in [0.29, 0.717) is 6.54 Å². The zero-order valence-electron chi connectivity index (χ0n) is 9.71. The smallest absolute Gasteiger partial charge is 0.123 e. The summed E-state index contributed by atoms with van der Waals surface area (Å²) < 4.78 is 5.26. The number of nitrogens with zero attached hydrogens (tertiary/aromatic N) is 2. The number of aromatic nitrogens is 1. The number of para-hydroxylation sites is 1. The van der Waals surface area contributed by atoms with Gasteiger partial charge >= 0.3 is 0 Å². The van der Waals surface area contributed by atoms with Gasteiger partial charge < -0.3 is 4.74 Å². The molecule has 0 saturated heterocycles. The van der Waals surface area contributed by atoms with E-state index in [0.717, 1.165) is 16.9 Å². The predicted octanol–water partition coefficient (Wildman–Crippen LogP) is 2.71. The molecule has 0 atom stereocenters. The van der Waals surface area contributed by atoms with Gasteiger partial charge in [-0.25, -0.2) is 0 Å². The summed E-state index contributed by atoms with van der Waals surface area (Å²) in [6, 6.07) is 11.7. The Morgan fingerprint density at radius 1 is 1.18 bits per heavy atom. The number of pyridine rings is 1. The third-order valence-electron chi connectivity index (χ3n) is 2.40. The normalized spacial score (nSPS) is 10.6. The van der Waals surface area contributed by atoms with E-state index >= 15 is 0 Å². The van der Waals surface area contributed by atoms with Gasteiger partial charge in [0.15, 0.2) is 0 Å². The molecule has 0 aliphatic rings. The molecule has 1 aromatic heterocycles. The number of hydrogen-bond donors (Lipinski definition) is 0. The van der Waals surface area contributed by atoms with E-state index in [-0.39, 0.29) is 0 Å². The first kappa shape index (κ1) is 11.3. The maximum Gasteiger partial charge on any atom is 0.123 e. The molecule has 3 nitrogen and oxygen atoms in total. The molecular weight excluding hydrogens is 212 g/mol. The topological polar surface area (TPSA) is 34.5 Å². The minimum absolute atomic E-state index is 0.617. The van der Waals surface area contributed by atoms with Gasteiger partial charge in [-0.2, -0.15) is 0 Å². The Labute approximate surface area is 101 Å². The second-order valence-electron chi connectivity index (χ2n) is 3.56. The molecule has 0 amide bonds. The quantitative estimate of drug-likeness (QED) is 0.751. The minimum Gasteiger partial charge on any atom is -0.496 e. The molecule has 1 heterocycles. The monoisotopic (exact) mass is 226 g/mol. The van der Waals surface area contributed by atoms with Crippen molar-refractivity contribution in [2.45, 2.75) is 6.54 Å². The summed E-state index contributed by atoms with van der Waals surface area (Å²) in [5.41, 5.74) is 2.13. The lowest BCUT2D eigenvalue weighted by molar-refractivity contribution is 0.410. The number of benzene rings is 1. The summed E-state index contributed by atoms with van der Waals surface area (Å²) in [5, 5.41) is 0. The van der Waals surface area contributed by atoms with Crippen LogP contribution in [0.1, 0.15) is 11.1 Å². The van der Waals surface area contributed by atoms with Gasteiger partial charge in [-0.15, -0.1) is 0 Å². The fourth-order valence-electron chi connectivity index (χ4n) is 1.53. The van der Waals surface area contributed by atoms with Crippen LogP contribution in [0.4, 0.5) is 0 Å². The molecule has 0 spiro atoms. The van der Waals surface area contributed by atoms with Crippen molar-refractivity contribution in [3.05, 3.63) is 59.9 Å². The highest BCUT2D eigenvalue weighted by Gasteiger charge is 1.98. The van der Waals surface area contributed by atoms with E-state index < -0.39 is 0 Å². The van der Waals surface area contributed by atoms with Gasteiger partial charge in [-0.05, 0) is 23.8 Å². The third-order valence-corrected chi connectivity index (χ3v) is 2.40. The van der Waals surface area contributed by atoms with Crippen LogP contribution in [0, 0.1) is 0 Å². The van der Waals surface area contributed by atoms with Gasteiger partial charge in [0.25, 0.3) is 0 Å². The first-order chi connectivity index (χ1) is 8.40. The van der Waals surface area contributed by atoms with Gasteiger partial charge in [0.2, 0.25) is 0 Å². The molecule has 2 aromatic rings. The molecule has 2 rings (SSSR count). The van der Waals surface area contributed by atoms with E-state index in [2.05, 4.69) is 9.98 Å². The Hall–Kier alpha value is -2.16. The summed E-state index contributed by atoms with van der Waals surface area (Å²) in [6.07, 6.45) is 5.35. The molecule has 0 saturated carbocycles. The first-order valence-corrected chi connectivity index (χ1v) is 5.42. The van der Waals surface area contributed by atoms with E-state index in [4.69, 9.17) is 4.74 Å². The van der Waals surface area contributed by atoms with Crippen LogP contribution in [0.5, 0.6) is 5.75 Å². The van der Waals surface area contributed by atoms with Gasteiger partial charge in [0, 0.05) is 24.2 Å². The minimum atomic E-state index is 0.617. The molecule has 0 N–H and O–H groups in total. The fourth-order valence-corrected chi connectivity index (χ4v) is 1.53. The van der Waals surface area contributed by atoms with Gasteiger partial charge in [0.1, 0.15) is 5.75 Å².